The summed E-state index contributed by atoms with van der Waals surface area (Å²) in [4.78, 5) is 17.3. The number of carboxylic acid groups (broad SMARTS) is 1. The Morgan fingerprint density at radius 1 is 1.44 bits per heavy atom. The average molecular weight is 288 g/mol. The van der Waals surface area contributed by atoms with Crippen LogP contribution < -0.4 is 10.0 Å². The fraction of sp³-hybridized carbons (Fsp3) is 0.667. The number of carboxylic acids is 1. The number of aromatic nitrogens is 1. The summed E-state index contributed by atoms with van der Waals surface area (Å²) < 4.78 is 0.968. The van der Waals surface area contributed by atoms with E-state index in [1.54, 1.807) is 16.7 Å². The highest BCUT2D eigenvalue weighted by Gasteiger charge is 2.09. The maximum Gasteiger partial charge on any atom is 0.150 e. The highest BCUT2D eigenvalue weighted by atomic mass is 32.2. The van der Waals surface area contributed by atoms with Crippen molar-refractivity contribution in [2.45, 2.75) is 31.5 Å². The number of carbonyl (C=O) groups excluding carboxylic acids is 1. The Balaban J connectivity index is 2.45. The van der Waals surface area contributed by atoms with Gasteiger partial charge in [0, 0.05) is 23.0 Å². The molecule has 0 amide bonds. The van der Waals surface area contributed by atoms with Gasteiger partial charge in [-0.05, 0) is 20.8 Å². The number of carbonyl (C=O) groups is 1. The summed E-state index contributed by atoms with van der Waals surface area (Å²) in [6.45, 7) is 9.64. The number of nitrogens with zero attached hydrogens (tertiary/aromatic N) is 1. The molecular formula is C12H20N2O2S2. The van der Waals surface area contributed by atoms with Gasteiger partial charge in [-0.3, -0.25) is 0 Å². The van der Waals surface area contributed by atoms with Gasteiger partial charge >= 0.3 is 0 Å². The summed E-state index contributed by atoms with van der Waals surface area (Å²) in [5.41, 5.74) is 0.821. The molecule has 0 fully saturated rings. The highest BCUT2D eigenvalue weighted by molar-refractivity contribution is 8.01. The largest absolute Gasteiger partial charge is 0.550 e. The van der Waals surface area contributed by atoms with E-state index in [-0.39, 0.29) is 6.42 Å². The Morgan fingerprint density at radius 2 is 2.11 bits per heavy atom. The molecule has 0 spiro atoms. The quantitative estimate of drug-likeness (QED) is 0.671. The Kier molecular flexibility index (Phi) is 6.67. The molecule has 1 N–H and O–H groups in total. The number of thiazole rings is 1. The summed E-state index contributed by atoms with van der Waals surface area (Å²) in [6.07, 6.45) is -0.0225. The molecule has 0 atom stereocenters. The van der Waals surface area contributed by atoms with E-state index in [2.05, 4.69) is 18.8 Å². The molecule has 102 valence electrons. The maximum absolute atomic E-state index is 10.6. The lowest BCUT2D eigenvalue weighted by molar-refractivity contribution is -0.893. The van der Waals surface area contributed by atoms with Crippen molar-refractivity contribution in [1.29, 1.82) is 0 Å². The predicted octanol–water partition coefficient (Wildman–Crippen LogP) is -0.239. The van der Waals surface area contributed by atoms with Crippen LogP contribution in [0.4, 0.5) is 0 Å². The monoisotopic (exact) mass is 288 g/mol. The number of hydrogen-bond acceptors (Lipinski definition) is 5. The van der Waals surface area contributed by atoms with Crippen LogP contribution in [-0.4, -0.2) is 36.3 Å². The molecule has 0 aliphatic rings. The van der Waals surface area contributed by atoms with Gasteiger partial charge in [0.25, 0.3) is 0 Å². The maximum atomic E-state index is 10.6. The zero-order valence-electron chi connectivity index (χ0n) is 11.1. The standard InChI is InChI=1S/C12H20N2O2S2/c1-4-14(5-2)6-7-17-12-13-9(3)10(18-12)8-11(15)16/h4-8H2,1-3H3,(H,15,16). The van der Waals surface area contributed by atoms with Gasteiger partial charge in [-0.15, -0.1) is 11.3 Å². The van der Waals surface area contributed by atoms with E-state index in [0.29, 0.717) is 0 Å². The number of rotatable bonds is 8. The highest BCUT2D eigenvalue weighted by Crippen LogP contribution is 2.26. The van der Waals surface area contributed by atoms with Crippen molar-refractivity contribution < 1.29 is 14.8 Å². The first-order valence-corrected chi connectivity index (χ1v) is 7.99. The predicted molar refractivity (Wildman–Crippen MR) is 73.2 cm³/mol. The van der Waals surface area contributed by atoms with Crippen molar-refractivity contribution >= 4 is 29.1 Å². The lowest BCUT2D eigenvalue weighted by atomic mass is 10.3. The van der Waals surface area contributed by atoms with Crippen LogP contribution in [0.2, 0.25) is 0 Å². The van der Waals surface area contributed by atoms with Gasteiger partial charge in [-0.2, -0.15) is 0 Å². The molecule has 0 aliphatic carbocycles. The van der Waals surface area contributed by atoms with Gasteiger partial charge in [0.2, 0.25) is 0 Å². The first-order valence-electron chi connectivity index (χ1n) is 6.19. The van der Waals surface area contributed by atoms with Gasteiger partial charge in [0.15, 0.2) is 4.34 Å². The van der Waals surface area contributed by atoms with Crippen molar-refractivity contribution in [2.24, 2.45) is 0 Å². The summed E-state index contributed by atoms with van der Waals surface area (Å²) in [7, 11) is 0. The van der Waals surface area contributed by atoms with Crippen LogP contribution in [0.3, 0.4) is 0 Å². The average Bonchev–Trinajstić information content (AvgIpc) is 2.65. The lowest BCUT2D eigenvalue weighted by Crippen LogP contribution is -3.11. The van der Waals surface area contributed by atoms with Crippen LogP contribution in [-0.2, 0) is 11.2 Å². The fourth-order valence-electron chi connectivity index (χ4n) is 1.64. The van der Waals surface area contributed by atoms with Gasteiger partial charge in [0.05, 0.1) is 25.3 Å². The first kappa shape index (κ1) is 15.5. The van der Waals surface area contributed by atoms with Crippen LogP contribution in [0.5, 0.6) is 0 Å². The third-order valence-electron chi connectivity index (χ3n) is 2.86. The molecule has 4 nitrogen and oxygen atoms in total. The number of hydrogen-bond donors (Lipinski definition) is 1. The van der Waals surface area contributed by atoms with Crippen molar-refractivity contribution in [3.05, 3.63) is 10.6 Å². The van der Waals surface area contributed by atoms with E-state index in [0.717, 1.165) is 40.3 Å². The molecule has 18 heavy (non-hydrogen) atoms. The second-order valence-corrected chi connectivity index (χ2v) is 6.52. The van der Waals surface area contributed by atoms with Crippen molar-refractivity contribution in [1.82, 2.24) is 4.98 Å². The van der Waals surface area contributed by atoms with Crippen molar-refractivity contribution in [3.63, 3.8) is 0 Å². The van der Waals surface area contributed by atoms with Gasteiger partial charge in [0.1, 0.15) is 0 Å². The molecule has 0 aliphatic heterocycles. The molecular weight excluding hydrogens is 268 g/mol. The van der Waals surface area contributed by atoms with Gasteiger partial charge in [-0.1, -0.05) is 11.8 Å². The zero-order chi connectivity index (χ0) is 13.5. The second kappa shape index (κ2) is 7.76. The van der Waals surface area contributed by atoms with Crippen molar-refractivity contribution in [3.8, 4) is 0 Å². The minimum absolute atomic E-state index is 0.0225. The topological polar surface area (TPSA) is 57.5 Å². The summed E-state index contributed by atoms with van der Waals surface area (Å²) >= 11 is 3.19. The second-order valence-electron chi connectivity index (χ2n) is 4.09. The van der Waals surface area contributed by atoms with E-state index in [4.69, 9.17) is 0 Å². The molecule has 6 heteroatoms. The van der Waals surface area contributed by atoms with Crippen LogP contribution in [0.15, 0.2) is 4.34 Å². The smallest absolute Gasteiger partial charge is 0.150 e. The van der Waals surface area contributed by atoms with Crippen molar-refractivity contribution in [2.75, 3.05) is 25.4 Å². The summed E-state index contributed by atoms with van der Waals surface area (Å²) in [6, 6.07) is 0. The molecule has 0 radical (unpaired) electrons. The van der Waals surface area contributed by atoms with E-state index >= 15 is 0 Å². The molecule has 1 heterocycles. The molecule has 0 saturated carbocycles. The van der Waals surface area contributed by atoms with E-state index in [1.807, 2.05) is 6.92 Å². The van der Waals surface area contributed by atoms with E-state index < -0.39 is 5.97 Å². The number of quaternary nitrogens is 1. The van der Waals surface area contributed by atoms with E-state index in [9.17, 15) is 9.90 Å². The third-order valence-corrected chi connectivity index (χ3v) is 5.16. The zero-order valence-corrected chi connectivity index (χ0v) is 12.7. The Hall–Kier alpha value is -0.590. The first-order chi connectivity index (χ1) is 8.56. The van der Waals surface area contributed by atoms with Gasteiger partial charge in [-0.25, -0.2) is 4.98 Å². The Bertz CT molecular complexity index is 389. The molecule has 1 rings (SSSR count). The molecule has 0 bridgehead atoms. The number of thioether (sulfide) groups is 1. The summed E-state index contributed by atoms with van der Waals surface area (Å²) in [5.74, 6) is -0.0137. The third kappa shape index (κ3) is 4.96. The number of aliphatic carboxylic acids is 1. The molecule has 0 saturated heterocycles. The fourth-order valence-corrected chi connectivity index (χ4v) is 3.98. The minimum Gasteiger partial charge on any atom is -0.550 e. The minimum atomic E-state index is -1.04. The SMILES string of the molecule is CC[NH+](CC)CCSc1nc(C)c(CC(=O)[O-])s1. The summed E-state index contributed by atoms with van der Waals surface area (Å²) in [5, 5.41) is 10.6. The molecule has 0 aromatic carbocycles. The van der Waals surface area contributed by atoms with Crippen LogP contribution in [0.25, 0.3) is 0 Å². The Labute approximate surface area is 116 Å². The number of aryl methyl sites for hydroxylation is 1. The van der Waals surface area contributed by atoms with E-state index in [1.165, 1.54) is 11.3 Å². The molecule has 1 aromatic rings. The van der Waals surface area contributed by atoms with Crippen LogP contribution >= 0.6 is 23.1 Å². The Morgan fingerprint density at radius 3 is 2.67 bits per heavy atom. The lowest BCUT2D eigenvalue weighted by Gasteiger charge is -2.13. The molecule has 1 aromatic heterocycles. The van der Waals surface area contributed by atoms with Crippen LogP contribution in [0.1, 0.15) is 24.4 Å². The normalized spacial score (nSPS) is 11.1. The van der Waals surface area contributed by atoms with Crippen LogP contribution in [0, 0.1) is 6.92 Å². The van der Waals surface area contributed by atoms with Gasteiger partial charge < -0.3 is 14.8 Å². The molecule has 0 unspecified atom stereocenters. The number of nitrogens with one attached hydrogen (secondary N) is 1.